The lowest BCUT2D eigenvalue weighted by atomic mass is 10.1. The summed E-state index contributed by atoms with van der Waals surface area (Å²) in [5.41, 5.74) is 0.0538. The van der Waals surface area contributed by atoms with Gasteiger partial charge in [0, 0.05) is 51.2 Å². The molecule has 1 N–H and O–H groups in total. The van der Waals surface area contributed by atoms with E-state index in [0.717, 1.165) is 18.4 Å². The summed E-state index contributed by atoms with van der Waals surface area (Å²) < 4.78 is 36.6. The minimum Gasteiger partial charge on any atom is -0.493 e. The number of nitro benzene ring substituents is 1. The van der Waals surface area contributed by atoms with Crippen LogP contribution >= 0.6 is 12.4 Å². The van der Waals surface area contributed by atoms with E-state index >= 15 is 0 Å². The molecule has 1 aliphatic heterocycles. The molecular weight excluding hydrogens is 412 g/mol. The number of aromatic nitrogens is 2. The Morgan fingerprint density at radius 1 is 1.41 bits per heavy atom. The van der Waals surface area contributed by atoms with E-state index < -0.39 is 11.5 Å². The van der Waals surface area contributed by atoms with Gasteiger partial charge >= 0.3 is 6.61 Å². The van der Waals surface area contributed by atoms with E-state index in [4.69, 9.17) is 4.74 Å². The number of methoxy groups -OCH3 is 1. The number of alkyl halides is 2. The van der Waals surface area contributed by atoms with Crippen molar-refractivity contribution in [2.24, 2.45) is 7.05 Å². The maximum Gasteiger partial charge on any atom is 0.387 e. The molecule has 0 bridgehead atoms. The van der Waals surface area contributed by atoms with Gasteiger partial charge in [0.1, 0.15) is 5.82 Å². The highest BCUT2D eigenvalue weighted by molar-refractivity contribution is 5.85. The number of nitrogens with zero attached hydrogens (tertiary/aromatic N) is 4. The number of halogens is 3. The quantitative estimate of drug-likeness (QED) is 0.529. The predicted octanol–water partition coefficient (Wildman–Crippen LogP) is 2.51. The smallest absolute Gasteiger partial charge is 0.387 e. The minimum absolute atomic E-state index is 0. The number of imidazole rings is 1. The third kappa shape index (κ3) is 5.11. The molecule has 160 valence electrons. The molecule has 0 amide bonds. The Balaban J connectivity index is 0.00000300. The van der Waals surface area contributed by atoms with Crippen molar-refractivity contribution >= 4 is 18.1 Å². The summed E-state index contributed by atoms with van der Waals surface area (Å²) in [7, 11) is 3.18. The fraction of sp³-hybridized carbons (Fsp3) is 0.471. The lowest BCUT2D eigenvalue weighted by Crippen LogP contribution is -2.46. The Kier molecular flexibility index (Phi) is 7.71. The number of hydrogen-bond donors (Lipinski definition) is 1. The first-order valence-electron chi connectivity index (χ1n) is 8.62. The van der Waals surface area contributed by atoms with Gasteiger partial charge in [0.2, 0.25) is 0 Å². The third-order valence-electron chi connectivity index (χ3n) is 4.66. The second-order valence-corrected chi connectivity index (χ2v) is 6.35. The van der Waals surface area contributed by atoms with Crippen LogP contribution in [-0.4, -0.2) is 52.7 Å². The molecule has 1 aromatic heterocycles. The normalized spacial score (nSPS) is 17.1. The Hall–Kier alpha value is -2.50. The number of nitrogens with one attached hydrogen (secondary N) is 1. The first kappa shape index (κ1) is 22.8. The number of hydrogen-bond acceptors (Lipinski definition) is 7. The fourth-order valence-electron chi connectivity index (χ4n) is 3.34. The molecule has 1 unspecified atom stereocenters. The van der Waals surface area contributed by atoms with Crippen LogP contribution < -0.4 is 14.8 Å². The summed E-state index contributed by atoms with van der Waals surface area (Å²) in [6, 6.07) is 2.28. The van der Waals surface area contributed by atoms with E-state index in [1.807, 2.05) is 17.8 Å². The van der Waals surface area contributed by atoms with E-state index in [0.29, 0.717) is 18.7 Å². The maximum absolute atomic E-state index is 12.6. The molecule has 2 heterocycles. The highest BCUT2D eigenvalue weighted by Crippen LogP contribution is 2.37. The molecular formula is C17H22ClF2N5O4. The summed E-state index contributed by atoms with van der Waals surface area (Å²) in [6.07, 6.45) is 3.54. The first-order valence-corrected chi connectivity index (χ1v) is 8.62. The van der Waals surface area contributed by atoms with E-state index in [1.54, 1.807) is 6.20 Å². The van der Waals surface area contributed by atoms with Gasteiger partial charge in [-0.1, -0.05) is 0 Å². The van der Waals surface area contributed by atoms with Crippen molar-refractivity contribution in [3.63, 3.8) is 0 Å². The summed E-state index contributed by atoms with van der Waals surface area (Å²) in [5, 5.41) is 14.8. The van der Waals surface area contributed by atoms with Crippen molar-refractivity contribution in [2.75, 3.05) is 26.7 Å². The van der Waals surface area contributed by atoms with E-state index in [2.05, 4.69) is 19.9 Å². The molecule has 1 fully saturated rings. The zero-order valence-corrected chi connectivity index (χ0v) is 16.7. The highest BCUT2D eigenvalue weighted by Gasteiger charge is 2.30. The van der Waals surface area contributed by atoms with Gasteiger partial charge in [0.25, 0.3) is 5.69 Å². The van der Waals surface area contributed by atoms with Gasteiger partial charge in [0.05, 0.1) is 24.1 Å². The van der Waals surface area contributed by atoms with Crippen LogP contribution in [0.4, 0.5) is 14.5 Å². The Labute approximate surface area is 172 Å². The van der Waals surface area contributed by atoms with Crippen LogP contribution in [0.5, 0.6) is 11.5 Å². The van der Waals surface area contributed by atoms with Gasteiger partial charge in [0.15, 0.2) is 11.5 Å². The van der Waals surface area contributed by atoms with E-state index in [-0.39, 0.29) is 42.2 Å². The van der Waals surface area contributed by atoms with E-state index in [1.165, 1.54) is 13.2 Å². The summed E-state index contributed by atoms with van der Waals surface area (Å²) in [6.45, 7) is -0.867. The maximum atomic E-state index is 12.6. The van der Waals surface area contributed by atoms with Crippen LogP contribution in [0.15, 0.2) is 24.5 Å². The number of ether oxygens (including phenoxy) is 2. The summed E-state index contributed by atoms with van der Waals surface area (Å²) in [5.74, 6) is 0.484. The molecule has 29 heavy (non-hydrogen) atoms. The Morgan fingerprint density at radius 3 is 2.76 bits per heavy atom. The predicted molar refractivity (Wildman–Crippen MR) is 103 cm³/mol. The van der Waals surface area contributed by atoms with Gasteiger partial charge in [-0.3, -0.25) is 15.0 Å². The molecule has 2 aromatic rings. The monoisotopic (exact) mass is 433 g/mol. The topological polar surface area (TPSA) is 94.7 Å². The molecule has 9 nitrogen and oxygen atoms in total. The fourth-order valence-corrected chi connectivity index (χ4v) is 3.34. The van der Waals surface area contributed by atoms with Crippen molar-refractivity contribution in [2.45, 2.75) is 19.2 Å². The molecule has 1 atom stereocenters. The number of aryl methyl sites for hydroxylation is 1. The van der Waals surface area contributed by atoms with Crippen LogP contribution in [0.1, 0.15) is 17.4 Å². The lowest BCUT2D eigenvalue weighted by Gasteiger charge is -2.35. The molecule has 1 aliphatic rings. The minimum atomic E-state index is -3.11. The lowest BCUT2D eigenvalue weighted by molar-refractivity contribution is -0.385. The average Bonchev–Trinajstić information content (AvgIpc) is 3.08. The van der Waals surface area contributed by atoms with Gasteiger partial charge in [-0.25, -0.2) is 4.98 Å². The standard InChI is InChI=1S/C17H21F2N5O4.ClH/c1-22-5-4-21-16(22)13-9-20-3-6-23(13)10-11-7-14(27-2)15(28-17(18)19)8-12(11)24(25)26;/h4-5,7-8,13,17,20H,3,6,9-10H2,1-2H3;1H. The van der Waals surface area contributed by atoms with Gasteiger partial charge in [-0.2, -0.15) is 8.78 Å². The van der Waals surface area contributed by atoms with Crippen LogP contribution in [-0.2, 0) is 13.6 Å². The zero-order chi connectivity index (χ0) is 20.3. The number of rotatable bonds is 7. The van der Waals surface area contributed by atoms with Crippen LogP contribution in [0.3, 0.4) is 0 Å². The van der Waals surface area contributed by atoms with Gasteiger partial charge < -0.3 is 19.4 Å². The second-order valence-electron chi connectivity index (χ2n) is 6.35. The number of nitro groups is 1. The molecule has 3 rings (SSSR count). The number of piperazine rings is 1. The first-order chi connectivity index (χ1) is 13.4. The van der Waals surface area contributed by atoms with Crippen molar-refractivity contribution in [3.05, 3.63) is 46.0 Å². The molecule has 12 heteroatoms. The van der Waals surface area contributed by atoms with E-state index in [9.17, 15) is 18.9 Å². The van der Waals surface area contributed by atoms with Gasteiger partial charge in [-0.15, -0.1) is 12.4 Å². The third-order valence-corrected chi connectivity index (χ3v) is 4.66. The molecule has 0 aliphatic carbocycles. The Morgan fingerprint density at radius 2 is 2.17 bits per heavy atom. The highest BCUT2D eigenvalue weighted by atomic mass is 35.5. The summed E-state index contributed by atoms with van der Waals surface area (Å²) in [4.78, 5) is 17.4. The molecule has 0 radical (unpaired) electrons. The van der Waals surface area contributed by atoms with Crippen LogP contribution in [0.2, 0.25) is 0 Å². The Bertz CT molecular complexity index is 851. The van der Waals surface area contributed by atoms with Crippen LogP contribution in [0.25, 0.3) is 0 Å². The van der Waals surface area contributed by atoms with Crippen LogP contribution in [0, 0.1) is 10.1 Å². The number of benzene rings is 1. The largest absolute Gasteiger partial charge is 0.493 e. The SMILES string of the molecule is COc1cc(CN2CCNCC2c2nccn2C)c([N+](=O)[O-])cc1OC(F)F.Cl. The van der Waals surface area contributed by atoms with Crippen molar-refractivity contribution in [1.29, 1.82) is 0 Å². The zero-order valence-electron chi connectivity index (χ0n) is 15.9. The van der Waals surface area contributed by atoms with Crippen molar-refractivity contribution in [3.8, 4) is 11.5 Å². The summed E-state index contributed by atoms with van der Waals surface area (Å²) >= 11 is 0. The molecule has 1 aromatic carbocycles. The molecule has 0 saturated carbocycles. The van der Waals surface area contributed by atoms with Crippen molar-refractivity contribution < 1.29 is 23.2 Å². The van der Waals surface area contributed by atoms with Gasteiger partial charge in [-0.05, 0) is 6.07 Å². The van der Waals surface area contributed by atoms with Crippen molar-refractivity contribution in [1.82, 2.24) is 19.8 Å². The average molecular weight is 434 g/mol. The second kappa shape index (κ2) is 9.81. The molecule has 1 saturated heterocycles. The molecule has 0 spiro atoms.